The third-order valence-electron chi connectivity index (χ3n) is 14.0. The van der Waals surface area contributed by atoms with E-state index in [0.29, 0.717) is 48.0 Å². The molecule has 0 radical (unpaired) electrons. The first-order valence-corrected chi connectivity index (χ1v) is 21.1. The van der Waals surface area contributed by atoms with Gasteiger partial charge in [0.15, 0.2) is 0 Å². The molecule has 0 spiro atoms. The Balaban J connectivity index is 0.934. The van der Waals surface area contributed by atoms with Gasteiger partial charge in [0.25, 0.3) is 10.1 Å². The van der Waals surface area contributed by atoms with E-state index in [9.17, 15) is 18.3 Å². The highest BCUT2D eigenvalue weighted by Gasteiger charge is 2.63. The van der Waals surface area contributed by atoms with Crippen LogP contribution in [-0.4, -0.2) is 61.7 Å². The van der Waals surface area contributed by atoms with Crippen molar-refractivity contribution in [3.8, 4) is 5.75 Å². The number of amides is 1. The van der Waals surface area contributed by atoms with Crippen LogP contribution >= 0.6 is 0 Å². The number of rotatable bonds is 15. The zero-order chi connectivity index (χ0) is 35.5. The molecule has 50 heavy (non-hydrogen) atoms. The van der Waals surface area contributed by atoms with Gasteiger partial charge >= 0.3 is 0 Å². The van der Waals surface area contributed by atoms with Crippen molar-refractivity contribution in [1.29, 1.82) is 0 Å². The molecule has 0 heterocycles. The Bertz CT molecular complexity index is 1560. The van der Waals surface area contributed by atoms with E-state index in [-0.39, 0.29) is 29.4 Å². The van der Waals surface area contributed by atoms with Gasteiger partial charge in [-0.15, -0.1) is 0 Å². The number of unbranched alkanes of at least 4 members (excludes halogenated alkanes) is 2. The van der Waals surface area contributed by atoms with Gasteiger partial charge in [-0.3, -0.25) is 9.35 Å². The molecule has 1 amide bonds. The average Bonchev–Trinajstić information content (AvgIpc) is 3.44. The van der Waals surface area contributed by atoms with E-state index in [1.807, 2.05) is 0 Å². The van der Waals surface area contributed by atoms with Crippen molar-refractivity contribution in [3.05, 3.63) is 42.5 Å². The van der Waals surface area contributed by atoms with Gasteiger partial charge in [0.1, 0.15) is 5.75 Å². The smallest absolute Gasteiger partial charge is 0.266 e. The fraction of sp³-hybridized carbons (Fsp3) is 0.732. The monoisotopic (exact) mass is 711 g/mol. The van der Waals surface area contributed by atoms with Gasteiger partial charge in [0, 0.05) is 19.6 Å². The van der Waals surface area contributed by atoms with Crippen molar-refractivity contribution in [2.24, 2.45) is 46.3 Å². The van der Waals surface area contributed by atoms with Gasteiger partial charge in [-0.25, -0.2) is 0 Å². The van der Waals surface area contributed by atoms with Gasteiger partial charge < -0.3 is 19.9 Å². The first-order chi connectivity index (χ1) is 23.9. The normalized spacial score (nSPS) is 34.4. The van der Waals surface area contributed by atoms with Gasteiger partial charge in [0.05, 0.1) is 24.6 Å². The van der Waals surface area contributed by atoms with Crippen LogP contribution in [0.2, 0.25) is 0 Å². The third kappa shape index (κ3) is 8.37. The molecule has 4 saturated carbocycles. The number of aliphatic hydroxyl groups excluding tert-OH is 1. The van der Waals surface area contributed by atoms with E-state index in [1.54, 1.807) is 0 Å². The average molecular weight is 712 g/mol. The van der Waals surface area contributed by atoms with Crippen LogP contribution in [-0.2, 0) is 19.6 Å². The largest absolute Gasteiger partial charge is 0.494 e. The molecule has 8 nitrogen and oxygen atoms in total. The van der Waals surface area contributed by atoms with Crippen molar-refractivity contribution >= 4 is 26.8 Å². The Morgan fingerprint density at radius 3 is 2.48 bits per heavy atom. The van der Waals surface area contributed by atoms with Crippen molar-refractivity contribution in [1.82, 2.24) is 5.32 Å². The molecule has 9 heteroatoms. The maximum atomic E-state index is 12.4. The zero-order valence-electron chi connectivity index (χ0n) is 30.5. The molecule has 0 bridgehead atoms. The first kappa shape index (κ1) is 37.6. The van der Waals surface area contributed by atoms with E-state index < -0.39 is 15.9 Å². The predicted molar refractivity (Wildman–Crippen MR) is 197 cm³/mol. The number of carbonyl (C=O) groups excluding carboxylic acids is 1. The van der Waals surface area contributed by atoms with Crippen molar-refractivity contribution in [3.63, 3.8) is 0 Å². The molecule has 2 aromatic rings. The van der Waals surface area contributed by atoms with E-state index in [0.717, 1.165) is 76.8 Å². The Morgan fingerprint density at radius 1 is 0.940 bits per heavy atom. The summed E-state index contributed by atoms with van der Waals surface area (Å²) in [6.45, 7) is 8.73. The molecular weight excluding hydrogens is 651 g/mol. The number of benzene rings is 2. The van der Waals surface area contributed by atoms with Gasteiger partial charge in [-0.2, -0.15) is 8.42 Å². The van der Waals surface area contributed by atoms with Crippen LogP contribution in [0.4, 0.5) is 0 Å². The summed E-state index contributed by atoms with van der Waals surface area (Å²) in [5, 5.41) is 16.9. The summed E-state index contributed by atoms with van der Waals surface area (Å²) in [6, 6.07) is 14.7. The first-order valence-electron chi connectivity index (χ1n) is 19.5. The molecule has 0 aliphatic heterocycles. The van der Waals surface area contributed by atoms with Crippen molar-refractivity contribution in [2.75, 3.05) is 25.5 Å². The van der Waals surface area contributed by atoms with Crippen LogP contribution in [0.1, 0.15) is 104 Å². The zero-order valence-corrected chi connectivity index (χ0v) is 31.3. The molecule has 2 aromatic carbocycles. The molecule has 278 valence electrons. The third-order valence-corrected chi connectivity index (χ3v) is 14.8. The lowest BCUT2D eigenvalue weighted by Crippen LogP contribution is -2.58. The highest BCUT2D eigenvalue weighted by molar-refractivity contribution is 7.85. The number of hydrogen-bond donors (Lipinski definition) is 3. The lowest BCUT2D eigenvalue weighted by Gasteiger charge is -2.62. The number of aliphatic hydroxyl groups is 1. The van der Waals surface area contributed by atoms with Crippen LogP contribution in [0.5, 0.6) is 5.75 Å². The second kappa shape index (κ2) is 15.8. The summed E-state index contributed by atoms with van der Waals surface area (Å²) in [5.41, 5.74) is 0.433. The highest BCUT2D eigenvalue weighted by Crippen LogP contribution is 2.68. The summed E-state index contributed by atoms with van der Waals surface area (Å²) < 4.78 is 43.4. The van der Waals surface area contributed by atoms with E-state index in [1.165, 1.54) is 30.0 Å². The van der Waals surface area contributed by atoms with E-state index >= 15 is 0 Å². The molecule has 4 fully saturated rings. The summed E-state index contributed by atoms with van der Waals surface area (Å²) in [4.78, 5) is 12.4. The quantitative estimate of drug-likeness (QED) is 0.127. The van der Waals surface area contributed by atoms with Gasteiger partial charge in [0.2, 0.25) is 5.91 Å². The summed E-state index contributed by atoms with van der Waals surface area (Å²) in [6.07, 6.45) is 13.2. The van der Waals surface area contributed by atoms with Crippen molar-refractivity contribution in [2.45, 2.75) is 116 Å². The standard InChI is InChI=1S/C41H61NO7S/c1-28(11-16-38(44)42-21-24-50(45,46)47)34-14-15-35-39-36(18-20-41(34,35)3)40(2)19-17-33(26-31(40)27-37(39)43)49-23-8-4-7-22-48-32-13-12-29-9-5-6-10-30(29)25-32/h5-6,9-10,12-13,25,28,31,33-37,39,43H,4,7-8,11,14-24,26-27H2,1-3H3,(H,42,44)(H,45,46,47)/t28-,31?,33-,34-,35+,36?,37+,39+,40+,41-/m1/s1. The fourth-order valence-electron chi connectivity index (χ4n) is 11.4. The molecule has 3 N–H and O–H groups in total. The Hall–Kier alpha value is -2.20. The van der Waals surface area contributed by atoms with Crippen molar-refractivity contribution < 1.29 is 32.3 Å². The molecule has 4 aliphatic rings. The second-order valence-electron chi connectivity index (χ2n) is 16.9. The topological polar surface area (TPSA) is 122 Å². The number of nitrogens with one attached hydrogen (secondary N) is 1. The summed E-state index contributed by atoms with van der Waals surface area (Å²) in [7, 11) is -4.08. The minimum Gasteiger partial charge on any atom is -0.494 e. The minimum atomic E-state index is -4.08. The number of hydrogen-bond acceptors (Lipinski definition) is 6. The molecular formula is C41H61NO7S. The Morgan fingerprint density at radius 2 is 1.68 bits per heavy atom. The SMILES string of the molecule is C[C@H](CCC(=O)NCCS(=O)(=O)O)[C@H]1CC[C@H]2[C@H]3C(CC[C@]12C)[C@@]1(C)CC[C@@H](OCCCCCOc2ccc4ccccc4c2)CC1C[C@@H]3O. The summed E-state index contributed by atoms with van der Waals surface area (Å²) >= 11 is 0. The van der Waals surface area contributed by atoms with Gasteiger partial charge in [-0.1, -0.05) is 51.1 Å². The number of ether oxygens (including phenoxy) is 2. The number of fused-ring (bicyclic) bond motifs is 6. The van der Waals surface area contributed by atoms with Crippen LogP contribution in [0.15, 0.2) is 42.5 Å². The predicted octanol–water partition coefficient (Wildman–Crippen LogP) is 7.82. The second-order valence-corrected chi connectivity index (χ2v) is 18.4. The lowest BCUT2D eigenvalue weighted by molar-refractivity contribution is -0.178. The molecule has 0 saturated heterocycles. The van der Waals surface area contributed by atoms with E-state index in [2.05, 4.69) is 68.6 Å². The lowest BCUT2D eigenvalue weighted by atomic mass is 9.43. The molecule has 0 aromatic heterocycles. The fourth-order valence-corrected chi connectivity index (χ4v) is 11.7. The van der Waals surface area contributed by atoms with Crippen LogP contribution in [0, 0.1) is 46.3 Å². The highest BCUT2D eigenvalue weighted by atomic mass is 32.2. The minimum absolute atomic E-state index is 0.0630. The summed E-state index contributed by atoms with van der Waals surface area (Å²) in [5.74, 6) is 3.15. The maximum absolute atomic E-state index is 12.4. The van der Waals surface area contributed by atoms with Crippen LogP contribution in [0.25, 0.3) is 10.8 Å². The molecule has 6 rings (SSSR count). The number of carbonyl (C=O) groups is 1. The van der Waals surface area contributed by atoms with Crippen LogP contribution in [0.3, 0.4) is 0 Å². The Kier molecular flexibility index (Phi) is 11.9. The van der Waals surface area contributed by atoms with Crippen LogP contribution < -0.4 is 10.1 Å². The van der Waals surface area contributed by atoms with E-state index in [4.69, 9.17) is 14.0 Å². The molecule has 2 unspecified atom stereocenters. The molecule has 4 aliphatic carbocycles. The maximum Gasteiger partial charge on any atom is 0.266 e. The Labute approximate surface area is 300 Å². The molecule has 10 atom stereocenters. The van der Waals surface area contributed by atoms with Gasteiger partial charge in [-0.05, 0) is 146 Å².